The van der Waals surface area contributed by atoms with Gasteiger partial charge in [-0.25, -0.2) is 8.42 Å². The van der Waals surface area contributed by atoms with Gasteiger partial charge >= 0.3 is 6.18 Å². The highest BCUT2D eigenvalue weighted by Gasteiger charge is 2.36. The molecule has 248 valence electrons. The summed E-state index contributed by atoms with van der Waals surface area (Å²) >= 11 is 0. The molecule has 2 atom stereocenters. The smallest absolute Gasteiger partial charge is 0.352 e. The summed E-state index contributed by atoms with van der Waals surface area (Å²) in [4.78, 5) is 29.4. The van der Waals surface area contributed by atoms with Crippen LogP contribution in [0.1, 0.15) is 42.5 Å². The molecule has 0 saturated heterocycles. The van der Waals surface area contributed by atoms with Crippen LogP contribution in [0.15, 0.2) is 114 Å². The SMILES string of the molecule is CC[C@@H](C)NC(=O)[C@H](Cc1ccccc1)N(Cc1ccccc1)C(=O)CN(c1cccc(C(F)(F)F)c1)S(=O)(=O)c1ccc(C)cc1. The Hall–Kier alpha value is -4.64. The summed E-state index contributed by atoms with van der Waals surface area (Å²) in [5.41, 5.74) is 0.822. The number of hydrogen-bond acceptors (Lipinski definition) is 4. The van der Waals surface area contributed by atoms with Crippen molar-refractivity contribution in [1.29, 1.82) is 0 Å². The Bertz CT molecular complexity index is 1750. The van der Waals surface area contributed by atoms with Crippen LogP contribution in [0.5, 0.6) is 0 Å². The van der Waals surface area contributed by atoms with E-state index in [0.29, 0.717) is 22.4 Å². The molecular weight excluding hydrogens is 627 g/mol. The molecule has 0 heterocycles. The van der Waals surface area contributed by atoms with Gasteiger partial charge in [0.05, 0.1) is 16.1 Å². The zero-order valence-electron chi connectivity index (χ0n) is 26.4. The molecular formula is C36H38F3N3O4S. The number of anilines is 1. The van der Waals surface area contributed by atoms with Crippen molar-refractivity contribution in [3.63, 3.8) is 0 Å². The third-order valence-electron chi connectivity index (χ3n) is 7.82. The van der Waals surface area contributed by atoms with Crippen molar-refractivity contribution >= 4 is 27.5 Å². The van der Waals surface area contributed by atoms with E-state index in [2.05, 4.69) is 5.32 Å². The van der Waals surface area contributed by atoms with Crippen molar-refractivity contribution in [3.05, 3.63) is 131 Å². The van der Waals surface area contributed by atoms with E-state index in [1.807, 2.05) is 44.2 Å². The highest BCUT2D eigenvalue weighted by Crippen LogP contribution is 2.33. The number of benzene rings is 4. The number of aryl methyl sites for hydroxylation is 1. The first-order valence-corrected chi connectivity index (χ1v) is 16.7. The lowest BCUT2D eigenvalue weighted by Gasteiger charge is -2.34. The molecule has 11 heteroatoms. The van der Waals surface area contributed by atoms with Crippen molar-refractivity contribution < 1.29 is 31.2 Å². The summed E-state index contributed by atoms with van der Waals surface area (Å²) in [5.74, 6) is -1.19. The zero-order valence-corrected chi connectivity index (χ0v) is 27.3. The molecule has 4 aromatic rings. The second-order valence-electron chi connectivity index (χ2n) is 11.4. The van der Waals surface area contributed by atoms with Crippen molar-refractivity contribution in [3.8, 4) is 0 Å². The Morgan fingerprint density at radius 2 is 1.43 bits per heavy atom. The van der Waals surface area contributed by atoms with Crippen molar-refractivity contribution in [1.82, 2.24) is 10.2 Å². The number of sulfonamides is 1. The van der Waals surface area contributed by atoms with Gasteiger partial charge in [0.15, 0.2) is 0 Å². The van der Waals surface area contributed by atoms with Crippen molar-refractivity contribution in [2.45, 2.75) is 63.3 Å². The van der Waals surface area contributed by atoms with E-state index < -0.39 is 46.2 Å². The Morgan fingerprint density at radius 1 is 0.830 bits per heavy atom. The first kappa shape index (κ1) is 35.2. The van der Waals surface area contributed by atoms with Crippen LogP contribution >= 0.6 is 0 Å². The maximum atomic E-state index is 14.5. The third-order valence-corrected chi connectivity index (χ3v) is 9.61. The molecule has 4 rings (SSSR count). The molecule has 0 bridgehead atoms. The molecule has 4 aromatic carbocycles. The average molecular weight is 666 g/mol. The molecule has 2 amide bonds. The molecule has 7 nitrogen and oxygen atoms in total. The minimum absolute atomic E-state index is 0.0495. The fourth-order valence-electron chi connectivity index (χ4n) is 4.98. The number of halogens is 3. The highest BCUT2D eigenvalue weighted by molar-refractivity contribution is 7.92. The minimum atomic E-state index is -4.76. The van der Waals surface area contributed by atoms with Gasteiger partial charge in [0.25, 0.3) is 10.0 Å². The molecule has 0 unspecified atom stereocenters. The summed E-state index contributed by atoms with van der Waals surface area (Å²) in [5, 5.41) is 2.95. The average Bonchev–Trinajstić information content (AvgIpc) is 3.05. The normalized spacial score (nSPS) is 13.0. The quantitative estimate of drug-likeness (QED) is 0.171. The number of alkyl halides is 3. The van der Waals surface area contributed by atoms with Gasteiger partial charge in [-0.05, 0) is 61.7 Å². The Kier molecular flexibility index (Phi) is 11.5. The maximum absolute atomic E-state index is 14.5. The van der Waals surface area contributed by atoms with Crippen LogP contribution in [0.25, 0.3) is 0 Å². The summed E-state index contributed by atoms with van der Waals surface area (Å²) in [7, 11) is -4.54. The summed E-state index contributed by atoms with van der Waals surface area (Å²) in [6, 6.07) is 26.4. The largest absolute Gasteiger partial charge is 0.416 e. The standard InChI is InChI=1S/C36H38F3N3O4S/c1-4-27(3)40-35(44)33(22-28-12-7-5-8-13-28)41(24-29-14-9-6-10-15-29)34(43)25-42(31-17-11-16-30(23-31)36(37,38)39)47(45,46)32-20-18-26(2)19-21-32/h5-21,23,27,33H,4,22,24-25H2,1-3H3,(H,40,44)/t27-,33+/m1/s1. The van der Waals surface area contributed by atoms with Crippen LogP contribution in [0.2, 0.25) is 0 Å². The lowest BCUT2D eigenvalue weighted by Crippen LogP contribution is -2.54. The molecule has 0 aromatic heterocycles. The summed E-state index contributed by atoms with van der Waals surface area (Å²) in [6.45, 7) is 4.61. The Balaban J connectivity index is 1.83. The molecule has 0 spiro atoms. The van der Waals surface area contributed by atoms with E-state index in [4.69, 9.17) is 0 Å². The van der Waals surface area contributed by atoms with Gasteiger partial charge in [0.1, 0.15) is 12.6 Å². The van der Waals surface area contributed by atoms with Gasteiger partial charge in [-0.1, -0.05) is 91.3 Å². The van der Waals surface area contributed by atoms with Crippen LogP contribution in [-0.2, 0) is 38.8 Å². The predicted molar refractivity (Wildman–Crippen MR) is 176 cm³/mol. The van der Waals surface area contributed by atoms with Crippen LogP contribution in [0, 0.1) is 6.92 Å². The Labute approximate surface area is 274 Å². The Morgan fingerprint density at radius 3 is 2.00 bits per heavy atom. The lowest BCUT2D eigenvalue weighted by molar-refractivity contribution is -0.140. The molecule has 0 aliphatic carbocycles. The van der Waals surface area contributed by atoms with Gasteiger partial charge < -0.3 is 10.2 Å². The van der Waals surface area contributed by atoms with E-state index in [-0.39, 0.29) is 29.6 Å². The first-order valence-electron chi connectivity index (χ1n) is 15.2. The van der Waals surface area contributed by atoms with Crippen molar-refractivity contribution in [2.24, 2.45) is 0 Å². The molecule has 0 aliphatic heterocycles. The van der Waals surface area contributed by atoms with E-state index in [9.17, 15) is 31.2 Å². The second-order valence-corrected chi connectivity index (χ2v) is 13.3. The number of amides is 2. The lowest BCUT2D eigenvalue weighted by atomic mass is 10.0. The maximum Gasteiger partial charge on any atom is 0.416 e. The van der Waals surface area contributed by atoms with Crippen molar-refractivity contribution in [2.75, 3.05) is 10.8 Å². The van der Waals surface area contributed by atoms with E-state index in [1.54, 1.807) is 49.4 Å². The number of carbonyl (C=O) groups is 2. The molecule has 0 saturated carbocycles. The van der Waals surface area contributed by atoms with Crippen LogP contribution in [-0.4, -0.2) is 43.8 Å². The van der Waals surface area contributed by atoms with Gasteiger partial charge in [-0.15, -0.1) is 0 Å². The van der Waals surface area contributed by atoms with Gasteiger partial charge in [-0.2, -0.15) is 13.2 Å². The molecule has 0 fully saturated rings. The topological polar surface area (TPSA) is 86.8 Å². The van der Waals surface area contributed by atoms with Crippen LogP contribution in [0.4, 0.5) is 18.9 Å². The second kappa shape index (κ2) is 15.3. The number of nitrogens with zero attached hydrogens (tertiary/aromatic N) is 2. The van der Waals surface area contributed by atoms with Crippen LogP contribution < -0.4 is 9.62 Å². The summed E-state index contributed by atoms with van der Waals surface area (Å²) < 4.78 is 70.2. The van der Waals surface area contributed by atoms with Gasteiger partial charge in [0, 0.05) is 19.0 Å². The van der Waals surface area contributed by atoms with Gasteiger partial charge in [0.2, 0.25) is 11.8 Å². The number of hydrogen-bond donors (Lipinski definition) is 1. The number of nitrogens with one attached hydrogen (secondary N) is 1. The van der Waals surface area contributed by atoms with E-state index in [0.717, 1.165) is 23.3 Å². The zero-order chi connectivity index (χ0) is 34.2. The molecule has 47 heavy (non-hydrogen) atoms. The third kappa shape index (κ3) is 9.22. The highest BCUT2D eigenvalue weighted by atomic mass is 32.2. The predicted octanol–water partition coefficient (Wildman–Crippen LogP) is 6.76. The minimum Gasteiger partial charge on any atom is -0.352 e. The van der Waals surface area contributed by atoms with Crippen LogP contribution in [0.3, 0.4) is 0 Å². The van der Waals surface area contributed by atoms with E-state index >= 15 is 0 Å². The first-order chi connectivity index (χ1) is 22.3. The van der Waals surface area contributed by atoms with Gasteiger partial charge in [-0.3, -0.25) is 13.9 Å². The van der Waals surface area contributed by atoms with E-state index in [1.165, 1.54) is 23.1 Å². The molecule has 0 radical (unpaired) electrons. The summed E-state index contributed by atoms with van der Waals surface area (Å²) in [6.07, 6.45) is -4.00. The fourth-order valence-corrected chi connectivity index (χ4v) is 6.38. The number of carbonyl (C=O) groups excluding carboxylic acids is 2. The molecule has 1 N–H and O–H groups in total. The molecule has 0 aliphatic rings. The number of rotatable bonds is 13. The monoisotopic (exact) mass is 665 g/mol. The fraction of sp³-hybridized carbons (Fsp3) is 0.278.